The van der Waals surface area contributed by atoms with Crippen LogP contribution in [0.25, 0.3) is 10.7 Å². The summed E-state index contributed by atoms with van der Waals surface area (Å²) in [4.78, 5) is 15.7. The van der Waals surface area contributed by atoms with Gasteiger partial charge >= 0.3 is 0 Å². The maximum Gasteiger partial charge on any atom is 0.224 e. The Bertz CT molecular complexity index is 998. The molecular formula is C19H19BrN4O2S2. The number of carbonyl (C=O) groups excluding carboxylic acids is 1. The smallest absolute Gasteiger partial charge is 0.224 e. The number of H-pyrrole nitrogens is 1. The van der Waals surface area contributed by atoms with Gasteiger partial charge in [0.15, 0.2) is 10.6 Å². The van der Waals surface area contributed by atoms with Crippen molar-refractivity contribution in [2.24, 2.45) is 0 Å². The summed E-state index contributed by atoms with van der Waals surface area (Å²) in [5.41, 5.74) is 1.08. The van der Waals surface area contributed by atoms with Crippen molar-refractivity contribution in [3.63, 3.8) is 0 Å². The lowest BCUT2D eigenvalue weighted by Gasteiger charge is -2.33. The molecule has 0 radical (unpaired) electrons. The molecule has 1 amide bonds. The first-order valence-electron chi connectivity index (χ1n) is 8.96. The van der Waals surface area contributed by atoms with Gasteiger partial charge in [0.05, 0.1) is 18.0 Å². The molecule has 0 aliphatic carbocycles. The van der Waals surface area contributed by atoms with Gasteiger partial charge in [0.25, 0.3) is 0 Å². The van der Waals surface area contributed by atoms with Crippen LogP contribution in [-0.4, -0.2) is 45.3 Å². The number of morpholine rings is 1. The molecule has 3 heterocycles. The van der Waals surface area contributed by atoms with E-state index in [9.17, 15) is 4.79 Å². The van der Waals surface area contributed by atoms with Crippen LogP contribution in [0.1, 0.15) is 18.1 Å². The molecule has 0 bridgehead atoms. The van der Waals surface area contributed by atoms with Gasteiger partial charge in [-0.05, 0) is 41.4 Å². The fourth-order valence-corrected chi connectivity index (χ4v) is 4.45. The SMILES string of the molecule is O=C(CCn1c(-c2cccs2)n[nH]c1=S)N1CCOC(c2ccc(Br)cc2)C1. The van der Waals surface area contributed by atoms with Gasteiger partial charge in [0.1, 0.15) is 6.10 Å². The quantitative estimate of drug-likeness (QED) is 0.551. The van der Waals surface area contributed by atoms with E-state index in [2.05, 4.69) is 26.1 Å². The van der Waals surface area contributed by atoms with Gasteiger partial charge in [-0.25, -0.2) is 0 Å². The number of benzene rings is 1. The zero-order chi connectivity index (χ0) is 19.5. The van der Waals surface area contributed by atoms with Crippen LogP contribution in [-0.2, 0) is 16.1 Å². The van der Waals surface area contributed by atoms with Crippen molar-refractivity contribution in [3.8, 4) is 10.7 Å². The summed E-state index contributed by atoms with van der Waals surface area (Å²) in [6, 6.07) is 12.0. The molecule has 0 saturated carbocycles. The monoisotopic (exact) mass is 478 g/mol. The summed E-state index contributed by atoms with van der Waals surface area (Å²) in [5, 5.41) is 9.15. The number of carbonyl (C=O) groups is 1. The number of amides is 1. The Hall–Kier alpha value is -1.81. The zero-order valence-corrected chi connectivity index (χ0v) is 18.2. The first-order chi connectivity index (χ1) is 13.6. The average Bonchev–Trinajstić information content (AvgIpc) is 3.36. The number of aromatic amines is 1. The Morgan fingerprint density at radius 3 is 2.93 bits per heavy atom. The Morgan fingerprint density at radius 1 is 1.36 bits per heavy atom. The van der Waals surface area contributed by atoms with Crippen molar-refractivity contribution in [1.82, 2.24) is 19.7 Å². The number of ether oxygens (including phenoxy) is 1. The number of nitrogens with one attached hydrogen (secondary N) is 1. The highest BCUT2D eigenvalue weighted by atomic mass is 79.9. The van der Waals surface area contributed by atoms with Gasteiger partial charge in [-0.3, -0.25) is 14.5 Å². The van der Waals surface area contributed by atoms with Crippen molar-refractivity contribution >= 4 is 45.4 Å². The van der Waals surface area contributed by atoms with E-state index >= 15 is 0 Å². The highest BCUT2D eigenvalue weighted by molar-refractivity contribution is 9.10. The summed E-state index contributed by atoms with van der Waals surface area (Å²) in [5.74, 6) is 0.883. The lowest BCUT2D eigenvalue weighted by atomic mass is 10.1. The standard InChI is InChI=1S/C19H19BrN4O2S2/c20-14-5-3-13(4-6-14)15-12-23(9-10-26-15)17(25)7-8-24-18(21-22-19(24)27)16-2-1-11-28-16/h1-6,11,15H,7-10,12H2,(H,22,27). The highest BCUT2D eigenvalue weighted by Gasteiger charge is 2.25. The Morgan fingerprint density at radius 2 is 2.18 bits per heavy atom. The molecule has 1 atom stereocenters. The van der Waals surface area contributed by atoms with Gasteiger partial charge in [-0.15, -0.1) is 11.3 Å². The van der Waals surface area contributed by atoms with E-state index in [1.165, 1.54) is 0 Å². The molecule has 2 aromatic heterocycles. The number of aromatic nitrogens is 3. The molecule has 9 heteroatoms. The van der Waals surface area contributed by atoms with Crippen molar-refractivity contribution in [3.05, 3.63) is 56.6 Å². The molecule has 1 saturated heterocycles. The number of rotatable bonds is 5. The van der Waals surface area contributed by atoms with E-state index in [1.807, 2.05) is 51.2 Å². The molecule has 4 rings (SSSR count). The molecule has 1 fully saturated rings. The second-order valence-electron chi connectivity index (χ2n) is 6.48. The molecule has 1 aliphatic heterocycles. The zero-order valence-electron chi connectivity index (χ0n) is 15.0. The van der Waals surface area contributed by atoms with E-state index in [1.54, 1.807) is 11.3 Å². The summed E-state index contributed by atoms with van der Waals surface area (Å²) < 4.78 is 9.33. The van der Waals surface area contributed by atoms with Crippen LogP contribution in [0.5, 0.6) is 0 Å². The maximum absolute atomic E-state index is 12.8. The van der Waals surface area contributed by atoms with Gasteiger partial charge < -0.3 is 9.64 Å². The number of hydrogen-bond donors (Lipinski definition) is 1. The lowest BCUT2D eigenvalue weighted by Crippen LogP contribution is -2.42. The average molecular weight is 479 g/mol. The third-order valence-electron chi connectivity index (χ3n) is 4.71. The summed E-state index contributed by atoms with van der Waals surface area (Å²) in [6.07, 6.45) is 0.280. The fraction of sp³-hybridized carbons (Fsp3) is 0.316. The van der Waals surface area contributed by atoms with E-state index < -0.39 is 0 Å². The maximum atomic E-state index is 12.8. The number of thiophene rings is 1. The summed E-state index contributed by atoms with van der Waals surface area (Å²) in [7, 11) is 0. The topological polar surface area (TPSA) is 63.2 Å². The molecule has 1 N–H and O–H groups in total. The molecule has 1 aliphatic rings. The minimum atomic E-state index is -0.0939. The lowest BCUT2D eigenvalue weighted by molar-refractivity contribution is -0.139. The largest absolute Gasteiger partial charge is 0.370 e. The van der Waals surface area contributed by atoms with Gasteiger partial charge in [0.2, 0.25) is 5.91 Å². The third-order valence-corrected chi connectivity index (χ3v) is 6.42. The Balaban J connectivity index is 1.41. The van der Waals surface area contributed by atoms with Gasteiger partial charge in [-0.2, -0.15) is 5.10 Å². The molecule has 0 spiro atoms. The van der Waals surface area contributed by atoms with E-state index in [-0.39, 0.29) is 12.0 Å². The second-order valence-corrected chi connectivity index (χ2v) is 8.73. The van der Waals surface area contributed by atoms with Crippen LogP contribution in [0, 0.1) is 4.77 Å². The van der Waals surface area contributed by atoms with Gasteiger partial charge in [-0.1, -0.05) is 34.1 Å². The van der Waals surface area contributed by atoms with Gasteiger partial charge in [0, 0.05) is 24.0 Å². The number of hydrogen-bond acceptors (Lipinski definition) is 5. The van der Waals surface area contributed by atoms with E-state index in [0.29, 0.717) is 37.4 Å². The molecular weight excluding hydrogens is 460 g/mol. The predicted molar refractivity (Wildman–Crippen MR) is 115 cm³/mol. The van der Waals surface area contributed by atoms with Crippen LogP contribution < -0.4 is 0 Å². The van der Waals surface area contributed by atoms with Crippen molar-refractivity contribution < 1.29 is 9.53 Å². The van der Waals surface area contributed by atoms with Crippen LogP contribution >= 0.6 is 39.5 Å². The molecule has 3 aromatic rings. The minimum absolute atomic E-state index is 0.0939. The van der Waals surface area contributed by atoms with Crippen LogP contribution in [0.2, 0.25) is 0 Å². The Kier molecular flexibility index (Phi) is 6.05. The van der Waals surface area contributed by atoms with Crippen molar-refractivity contribution in [2.45, 2.75) is 19.1 Å². The second kappa shape index (κ2) is 8.69. The van der Waals surface area contributed by atoms with E-state index in [0.717, 1.165) is 20.7 Å². The molecule has 6 nitrogen and oxygen atoms in total. The summed E-state index contributed by atoms with van der Waals surface area (Å²) in [6.45, 7) is 2.22. The van der Waals surface area contributed by atoms with Crippen molar-refractivity contribution in [1.29, 1.82) is 0 Å². The molecule has 1 unspecified atom stereocenters. The van der Waals surface area contributed by atoms with Crippen LogP contribution in [0.3, 0.4) is 0 Å². The predicted octanol–water partition coefficient (Wildman–Crippen LogP) is 4.42. The fourth-order valence-electron chi connectivity index (χ4n) is 3.24. The normalized spacial score (nSPS) is 17.0. The molecule has 1 aromatic carbocycles. The first-order valence-corrected chi connectivity index (χ1v) is 11.0. The molecule has 28 heavy (non-hydrogen) atoms. The highest BCUT2D eigenvalue weighted by Crippen LogP contribution is 2.25. The van der Waals surface area contributed by atoms with Crippen LogP contribution in [0.15, 0.2) is 46.3 Å². The Labute approximate surface area is 180 Å². The number of nitrogens with zero attached hydrogens (tertiary/aromatic N) is 3. The van der Waals surface area contributed by atoms with Crippen molar-refractivity contribution in [2.75, 3.05) is 19.7 Å². The van der Waals surface area contributed by atoms with E-state index in [4.69, 9.17) is 17.0 Å². The first kappa shape index (κ1) is 19.5. The van der Waals surface area contributed by atoms with Crippen LogP contribution in [0.4, 0.5) is 0 Å². The minimum Gasteiger partial charge on any atom is -0.370 e. The summed E-state index contributed by atoms with van der Waals surface area (Å²) >= 11 is 10.4. The number of halogens is 1. The third kappa shape index (κ3) is 4.27. The molecule has 146 valence electrons.